The molecule has 0 fully saturated rings. The predicted octanol–water partition coefficient (Wildman–Crippen LogP) is 6.83. The first kappa shape index (κ1) is 21.5. The third-order valence-corrected chi connectivity index (χ3v) is 5.21. The molecule has 0 unspecified atom stereocenters. The number of hydrogen-bond acceptors (Lipinski definition) is 1. The molecule has 0 aliphatic rings. The Kier molecular flexibility index (Phi) is 5.90. The van der Waals surface area contributed by atoms with E-state index in [1.165, 1.54) is 0 Å². The van der Waals surface area contributed by atoms with Crippen molar-refractivity contribution >= 4 is 22.4 Å². The zero-order valence-corrected chi connectivity index (χ0v) is 19.6. The first-order chi connectivity index (χ1) is 14.0. The summed E-state index contributed by atoms with van der Waals surface area (Å²) in [6, 6.07) is 16.9. The van der Waals surface area contributed by atoms with E-state index in [4.69, 9.17) is 18.1 Å². The van der Waals surface area contributed by atoms with Gasteiger partial charge in [0.15, 0.2) is 5.69 Å². The Hall–Kier alpha value is -3.24. The molecule has 0 aliphatic heterocycles. The Balaban J connectivity index is 0.00000256. The summed E-state index contributed by atoms with van der Waals surface area (Å²) in [5.74, 6) is 0.724. The largest absolute Gasteiger partial charge is 0.343 e. The molecule has 30 heavy (non-hydrogen) atoms. The number of imidazole rings is 1. The number of benzene rings is 3. The third-order valence-electron chi connectivity index (χ3n) is 5.21. The summed E-state index contributed by atoms with van der Waals surface area (Å²) in [5, 5.41) is 0. The van der Waals surface area contributed by atoms with Crippen molar-refractivity contribution in [1.82, 2.24) is 9.55 Å². The minimum Gasteiger partial charge on any atom is -0.343 e. The number of fused-ring (bicyclic) bond motifs is 1. The minimum atomic E-state index is 0. The molecule has 149 valence electrons. The van der Waals surface area contributed by atoms with E-state index in [1.54, 1.807) is 0 Å². The first-order valence-corrected chi connectivity index (χ1v) is 9.32. The van der Waals surface area contributed by atoms with E-state index < -0.39 is 0 Å². The number of hydrogen-bond donors (Lipinski definition) is 0. The number of rotatable bonds is 2. The molecule has 3 aromatic carbocycles. The topological polar surface area (TPSA) is 26.5 Å². The molecule has 0 aliphatic carbocycles. The maximum Gasteiger partial charge on any atom is 0.211 e. The van der Waals surface area contributed by atoms with Gasteiger partial charge in [-0.25, -0.2) is 9.69 Å². The Morgan fingerprint density at radius 2 is 1.73 bits per heavy atom. The second kappa shape index (κ2) is 8.25. The number of para-hydroxylation sites is 1. The summed E-state index contributed by atoms with van der Waals surface area (Å²) < 4.78 is 2.03. The van der Waals surface area contributed by atoms with Crippen LogP contribution < -0.4 is 0 Å². The molecule has 0 amide bonds. The molecule has 4 nitrogen and oxygen atoms in total. The molecule has 0 saturated heterocycles. The average molecular weight is 568 g/mol. The van der Waals surface area contributed by atoms with Crippen molar-refractivity contribution in [3.63, 3.8) is 0 Å². The fourth-order valence-corrected chi connectivity index (χ4v) is 3.92. The predicted molar refractivity (Wildman–Crippen MR) is 117 cm³/mol. The fourth-order valence-electron chi connectivity index (χ4n) is 3.92. The van der Waals surface area contributed by atoms with Crippen LogP contribution in [0, 0.1) is 46.9 Å². The van der Waals surface area contributed by atoms with Gasteiger partial charge in [0.2, 0.25) is 5.69 Å². The van der Waals surface area contributed by atoms with Crippen molar-refractivity contribution < 1.29 is 20.1 Å². The molecule has 0 N–H and O–H groups in total. The molecule has 0 spiro atoms. The van der Waals surface area contributed by atoms with E-state index in [-0.39, 0.29) is 20.1 Å². The molecular formula is C25H19IrN4-. The Morgan fingerprint density at radius 1 is 0.967 bits per heavy atom. The van der Waals surface area contributed by atoms with Gasteiger partial charge in [-0.2, -0.15) is 0 Å². The second-order valence-electron chi connectivity index (χ2n) is 7.25. The summed E-state index contributed by atoms with van der Waals surface area (Å²) in [6.07, 6.45) is 0. The van der Waals surface area contributed by atoms with Crippen LogP contribution in [-0.4, -0.2) is 9.55 Å². The maximum atomic E-state index is 7.67. The molecule has 4 rings (SSSR count). The van der Waals surface area contributed by atoms with Gasteiger partial charge in [0.25, 0.3) is 0 Å². The second-order valence-corrected chi connectivity index (χ2v) is 7.25. The fraction of sp³-hybridized carbons (Fsp3) is 0.160. The third kappa shape index (κ3) is 3.33. The van der Waals surface area contributed by atoms with E-state index in [1.807, 2.05) is 74.7 Å². The molecule has 4 aromatic rings. The monoisotopic (exact) mass is 568 g/mol. The van der Waals surface area contributed by atoms with E-state index in [2.05, 4.69) is 15.8 Å². The van der Waals surface area contributed by atoms with Crippen molar-refractivity contribution in [2.45, 2.75) is 27.7 Å². The first-order valence-electron chi connectivity index (χ1n) is 9.32. The van der Waals surface area contributed by atoms with Crippen molar-refractivity contribution in [2.24, 2.45) is 0 Å². The summed E-state index contributed by atoms with van der Waals surface area (Å²) >= 11 is 0. The molecule has 1 radical (unpaired) electrons. The SMILES string of the molecule is [C-]#[N+]c1c(C)cc(C)c(-n2c(-c3[c-]cc(C)cc3)nc3cccc([N+]#[C-])c32)c1C.[Ir]. The average Bonchev–Trinajstić information content (AvgIpc) is 3.08. The van der Waals surface area contributed by atoms with Crippen molar-refractivity contribution in [3.8, 4) is 17.1 Å². The molecule has 0 saturated carbocycles. The Bertz CT molecular complexity index is 1350. The normalized spacial score (nSPS) is 10.3. The quantitative estimate of drug-likeness (QED) is 0.244. The van der Waals surface area contributed by atoms with Crippen LogP contribution in [0.25, 0.3) is 37.8 Å². The van der Waals surface area contributed by atoms with Gasteiger partial charge in [-0.05, 0) is 43.5 Å². The zero-order chi connectivity index (χ0) is 20.7. The summed E-state index contributed by atoms with van der Waals surface area (Å²) in [6.45, 7) is 23.3. The molecule has 0 atom stereocenters. The van der Waals surface area contributed by atoms with Gasteiger partial charge >= 0.3 is 0 Å². The minimum absolute atomic E-state index is 0. The van der Waals surface area contributed by atoms with Crippen LogP contribution in [0.2, 0.25) is 0 Å². The van der Waals surface area contributed by atoms with Crippen LogP contribution in [-0.2, 0) is 20.1 Å². The van der Waals surface area contributed by atoms with E-state index in [9.17, 15) is 0 Å². The van der Waals surface area contributed by atoms with Gasteiger partial charge in [-0.1, -0.05) is 25.1 Å². The van der Waals surface area contributed by atoms with Gasteiger partial charge in [-0.3, -0.25) is 4.98 Å². The zero-order valence-electron chi connectivity index (χ0n) is 17.2. The van der Waals surface area contributed by atoms with Crippen LogP contribution in [0.1, 0.15) is 22.3 Å². The summed E-state index contributed by atoms with van der Waals surface area (Å²) in [5.41, 5.74) is 8.47. The van der Waals surface area contributed by atoms with Crippen molar-refractivity contribution in [1.29, 1.82) is 0 Å². The van der Waals surface area contributed by atoms with Crippen LogP contribution in [0.15, 0.2) is 42.5 Å². The molecule has 1 aromatic heterocycles. The van der Waals surface area contributed by atoms with Crippen LogP contribution in [0.3, 0.4) is 0 Å². The molecule has 1 heterocycles. The Morgan fingerprint density at radius 3 is 2.37 bits per heavy atom. The van der Waals surface area contributed by atoms with Gasteiger partial charge < -0.3 is 4.57 Å². The van der Waals surface area contributed by atoms with Crippen LogP contribution in [0.4, 0.5) is 11.4 Å². The van der Waals surface area contributed by atoms with Crippen molar-refractivity contribution in [2.75, 3.05) is 0 Å². The van der Waals surface area contributed by atoms with Crippen LogP contribution >= 0.6 is 0 Å². The number of aromatic nitrogens is 2. The van der Waals surface area contributed by atoms with Gasteiger partial charge in [0.05, 0.1) is 30.0 Å². The molecular weight excluding hydrogens is 549 g/mol. The molecule has 5 heteroatoms. The molecule has 0 bridgehead atoms. The van der Waals surface area contributed by atoms with E-state index >= 15 is 0 Å². The standard InChI is InChI=1S/C25H19N4.Ir/c1-15-10-12-19(13-11-15)25-28-21-9-7-8-20(26-5)24(21)29(25)23-17(3)14-16(2)22(27-6)18(23)4;/h7-12,14H,1-4H3;/q-1;. The number of aryl methyl sites for hydroxylation is 3. The van der Waals surface area contributed by atoms with Gasteiger partial charge in [0, 0.05) is 25.8 Å². The maximum absolute atomic E-state index is 7.67. The Labute approximate surface area is 190 Å². The summed E-state index contributed by atoms with van der Waals surface area (Å²) in [4.78, 5) is 12.4. The van der Waals surface area contributed by atoms with Crippen LogP contribution in [0.5, 0.6) is 0 Å². The van der Waals surface area contributed by atoms with Crippen molar-refractivity contribution in [3.05, 3.63) is 93.6 Å². The van der Waals surface area contributed by atoms with Gasteiger partial charge in [0.1, 0.15) is 0 Å². The smallest absolute Gasteiger partial charge is 0.211 e. The van der Waals surface area contributed by atoms with E-state index in [0.29, 0.717) is 11.4 Å². The number of nitrogens with zero attached hydrogens (tertiary/aromatic N) is 4. The van der Waals surface area contributed by atoms with Gasteiger partial charge in [-0.15, -0.1) is 35.4 Å². The summed E-state index contributed by atoms with van der Waals surface area (Å²) in [7, 11) is 0. The van der Waals surface area contributed by atoms with E-state index in [0.717, 1.165) is 50.4 Å².